The Morgan fingerprint density at radius 2 is 1.27 bits per heavy atom. The molecule has 0 spiro atoms. The van der Waals surface area contributed by atoms with E-state index in [1.54, 1.807) is 44.9 Å². The first-order valence-corrected chi connectivity index (χ1v) is 5.45. The van der Waals surface area contributed by atoms with Crippen molar-refractivity contribution < 1.29 is 0 Å². The topological polar surface area (TPSA) is 0 Å². The first kappa shape index (κ1) is 6.51. The molecule has 0 amide bonds. The number of rotatable bonds is 0. The molecule has 0 aromatic carbocycles. The Morgan fingerprint density at radius 3 is 2.18 bits per heavy atom. The van der Waals surface area contributed by atoms with Gasteiger partial charge in [-0.05, 0) is 42.9 Å². The Kier molecular flexibility index (Phi) is 1.33. The van der Waals surface area contributed by atoms with Crippen LogP contribution in [0.15, 0.2) is 0 Å². The van der Waals surface area contributed by atoms with E-state index < -0.39 is 0 Å². The standard InChI is InChI=1S/C11H18/c1-2-4-9-7-10-6-5-8(3-1)11(9)10/h8-11H,1-7H2. The third-order valence-corrected chi connectivity index (χ3v) is 4.55. The van der Waals surface area contributed by atoms with Crippen molar-refractivity contribution in [1.29, 1.82) is 0 Å². The third-order valence-electron chi connectivity index (χ3n) is 4.55. The molecule has 3 saturated carbocycles. The lowest BCUT2D eigenvalue weighted by molar-refractivity contribution is 0.0702. The zero-order valence-corrected chi connectivity index (χ0v) is 7.26. The van der Waals surface area contributed by atoms with Crippen LogP contribution < -0.4 is 0 Å². The second-order valence-electron chi connectivity index (χ2n) is 4.96. The van der Waals surface area contributed by atoms with Crippen LogP contribution in [0.3, 0.4) is 0 Å². The zero-order valence-electron chi connectivity index (χ0n) is 7.26. The predicted octanol–water partition coefficient (Wildman–Crippen LogP) is 3.22. The molecule has 4 atom stereocenters. The summed E-state index contributed by atoms with van der Waals surface area (Å²) in [5, 5.41) is 0. The molecule has 62 valence electrons. The van der Waals surface area contributed by atoms with Crippen molar-refractivity contribution in [2.45, 2.75) is 44.9 Å². The molecule has 0 aromatic rings. The molecule has 0 heterocycles. The Hall–Kier alpha value is 0. The van der Waals surface area contributed by atoms with E-state index in [0.29, 0.717) is 0 Å². The van der Waals surface area contributed by atoms with Gasteiger partial charge in [-0.25, -0.2) is 0 Å². The van der Waals surface area contributed by atoms with Gasteiger partial charge in [-0.15, -0.1) is 0 Å². The van der Waals surface area contributed by atoms with E-state index in [-0.39, 0.29) is 0 Å². The van der Waals surface area contributed by atoms with Crippen LogP contribution in [-0.2, 0) is 0 Å². The minimum atomic E-state index is 1.18. The molecule has 0 saturated heterocycles. The summed E-state index contributed by atoms with van der Waals surface area (Å²) < 4.78 is 0. The summed E-state index contributed by atoms with van der Waals surface area (Å²) in [5.41, 5.74) is 0. The van der Waals surface area contributed by atoms with Gasteiger partial charge in [0.15, 0.2) is 0 Å². The molecule has 3 aliphatic rings. The highest BCUT2D eigenvalue weighted by Crippen LogP contribution is 2.58. The molecule has 3 aliphatic carbocycles. The quantitative estimate of drug-likeness (QED) is 0.497. The summed E-state index contributed by atoms with van der Waals surface area (Å²) in [6.07, 6.45) is 11.0. The lowest BCUT2D eigenvalue weighted by Gasteiger charge is -2.42. The SMILES string of the molecule is C1CCC2CC3CCC(C1)C23. The van der Waals surface area contributed by atoms with E-state index in [9.17, 15) is 0 Å². The average Bonchev–Trinajstić information content (AvgIpc) is 2.21. The van der Waals surface area contributed by atoms with Gasteiger partial charge in [-0.2, -0.15) is 0 Å². The summed E-state index contributed by atoms with van der Waals surface area (Å²) in [7, 11) is 0. The lowest BCUT2D eigenvalue weighted by atomic mass is 9.63. The van der Waals surface area contributed by atoms with E-state index in [1.165, 1.54) is 23.7 Å². The highest BCUT2D eigenvalue weighted by molar-refractivity contribution is 4.98. The van der Waals surface area contributed by atoms with Crippen LogP contribution in [0.1, 0.15) is 44.9 Å². The Bertz CT molecular complexity index is 159. The summed E-state index contributed by atoms with van der Waals surface area (Å²) in [5.74, 6) is 4.79. The fourth-order valence-electron chi connectivity index (χ4n) is 4.05. The Labute approximate surface area is 69.4 Å². The summed E-state index contributed by atoms with van der Waals surface area (Å²) in [4.78, 5) is 0. The molecule has 3 rings (SSSR count). The largest absolute Gasteiger partial charge is 0.0530 e. The van der Waals surface area contributed by atoms with Crippen molar-refractivity contribution in [3.8, 4) is 0 Å². The lowest BCUT2D eigenvalue weighted by Crippen LogP contribution is -2.35. The Balaban J connectivity index is 1.82. The highest BCUT2D eigenvalue weighted by Gasteiger charge is 2.49. The Morgan fingerprint density at radius 1 is 0.636 bits per heavy atom. The minimum absolute atomic E-state index is 1.18. The van der Waals surface area contributed by atoms with Crippen LogP contribution in [0.5, 0.6) is 0 Å². The van der Waals surface area contributed by atoms with Gasteiger partial charge < -0.3 is 0 Å². The molecule has 0 bridgehead atoms. The van der Waals surface area contributed by atoms with Crippen LogP contribution in [0.2, 0.25) is 0 Å². The summed E-state index contributed by atoms with van der Waals surface area (Å²) in [6, 6.07) is 0. The molecule has 4 unspecified atom stereocenters. The zero-order chi connectivity index (χ0) is 7.26. The van der Waals surface area contributed by atoms with E-state index in [1.807, 2.05) is 0 Å². The van der Waals surface area contributed by atoms with Crippen molar-refractivity contribution in [3.05, 3.63) is 0 Å². The van der Waals surface area contributed by atoms with Gasteiger partial charge >= 0.3 is 0 Å². The van der Waals surface area contributed by atoms with Gasteiger partial charge in [0.1, 0.15) is 0 Å². The molecular weight excluding hydrogens is 132 g/mol. The molecule has 0 N–H and O–H groups in total. The maximum Gasteiger partial charge on any atom is -0.0329 e. The fraction of sp³-hybridized carbons (Fsp3) is 1.00. The first-order chi connectivity index (χ1) is 5.45. The molecule has 0 heteroatoms. The molecule has 0 aliphatic heterocycles. The monoisotopic (exact) mass is 150 g/mol. The summed E-state index contributed by atoms with van der Waals surface area (Å²) in [6.45, 7) is 0. The smallest absolute Gasteiger partial charge is 0.0329 e. The van der Waals surface area contributed by atoms with Crippen molar-refractivity contribution in [3.63, 3.8) is 0 Å². The van der Waals surface area contributed by atoms with Crippen molar-refractivity contribution in [2.24, 2.45) is 23.7 Å². The molecule has 3 fully saturated rings. The van der Waals surface area contributed by atoms with Crippen LogP contribution in [0.25, 0.3) is 0 Å². The molecule has 11 heavy (non-hydrogen) atoms. The minimum Gasteiger partial charge on any atom is -0.0530 e. The normalized spacial score (nSPS) is 54.5. The summed E-state index contributed by atoms with van der Waals surface area (Å²) >= 11 is 0. The highest BCUT2D eigenvalue weighted by atomic mass is 14.5. The molecule has 0 aromatic heterocycles. The van der Waals surface area contributed by atoms with Crippen LogP contribution >= 0.6 is 0 Å². The van der Waals surface area contributed by atoms with Crippen LogP contribution in [0.4, 0.5) is 0 Å². The maximum absolute atomic E-state index is 1.61. The van der Waals surface area contributed by atoms with Gasteiger partial charge in [0.25, 0.3) is 0 Å². The van der Waals surface area contributed by atoms with Crippen LogP contribution in [-0.4, -0.2) is 0 Å². The van der Waals surface area contributed by atoms with Gasteiger partial charge in [-0.3, -0.25) is 0 Å². The van der Waals surface area contributed by atoms with Crippen molar-refractivity contribution in [1.82, 2.24) is 0 Å². The van der Waals surface area contributed by atoms with Crippen molar-refractivity contribution >= 4 is 0 Å². The predicted molar refractivity (Wildman–Crippen MR) is 46.3 cm³/mol. The maximum atomic E-state index is 1.61. The van der Waals surface area contributed by atoms with Gasteiger partial charge in [0, 0.05) is 0 Å². The molecule has 0 radical (unpaired) electrons. The third kappa shape index (κ3) is 0.816. The fourth-order valence-corrected chi connectivity index (χ4v) is 4.05. The van der Waals surface area contributed by atoms with Gasteiger partial charge in [0.2, 0.25) is 0 Å². The van der Waals surface area contributed by atoms with Gasteiger partial charge in [0.05, 0.1) is 0 Å². The second-order valence-corrected chi connectivity index (χ2v) is 4.96. The van der Waals surface area contributed by atoms with Gasteiger partial charge in [-0.1, -0.05) is 25.7 Å². The van der Waals surface area contributed by atoms with E-state index >= 15 is 0 Å². The number of hydrogen-bond donors (Lipinski definition) is 0. The average molecular weight is 150 g/mol. The number of hydrogen-bond acceptors (Lipinski definition) is 0. The second kappa shape index (κ2) is 2.24. The first-order valence-electron chi connectivity index (χ1n) is 5.45. The molecular formula is C11H18. The molecule has 0 nitrogen and oxygen atoms in total. The van der Waals surface area contributed by atoms with E-state index in [2.05, 4.69) is 0 Å². The van der Waals surface area contributed by atoms with E-state index in [0.717, 1.165) is 0 Å². The van der Waals surface area contributed by atoms with Crippen molar-refractivity contribution in [2.75, 3.05) is 0 Å². The van der Waals surface area contributed by atoms with Crippen LogP contribution in [0, 0.1) is 23.7 Å². The van der Waals surface area contributed by atoms with E-state index in [4.69, 9.17) is 0 Å².